The Morgan fingerprint density at radius 3 is 2.57 bits per heavy atom. The monoisotopic (exact) mass is 330 g/mol. The van der Waals surface area contributed by atoms with Gasteiger partial charge in [0.05, 0.1) is 12.7 Å². The van der Waals surface area contributed by atoms with E-state index in [4.69, 9.17) is 4.74 Å². The van der Waals surface area contributed by atoms with Gasteiger partial charge < -0.3 is 15.2 Å². The fourth-order valence-corrected chi connectivity index (χ4v) is 2.19. The predicted molar refractivity (Wildman–Crippen MR) is 91.6 cm³/mol. The molecule has 2 N–H and O–H groups in total. The second kappa shape index (κ2) is 6.98. The summed E-state index contributed by atoms with van der Waals surface area (Å²) in [5.74, 6) is 0.190. The number of carbonyl (C=O) groups is 1. The Morgan fingerprint density at radius 1 is 1.13 bits per heavy atom. The van der Waals surface area contributed by atoms with Crippen molar-refractivity contribution in [2.24, 2.45) is 0 Å². The van der Waals surface area contributed by atoms with Crippen LogP contribution in [0.4, 0.5) is 5.69 Å². The largest absolute Gasteiger partial charge is 0.505 e. The number of nitrogens with zero attached hydrogens (tertiary/aromatic N) is 1. The van der Waals surface area contributed by atoms with Gasteiger partial charge in [0.15, 0.2) is 5.75 Å². The minimum atomic E-state index is -0.393. The van der Waals surface area contributed by atoms with E-state index in [-0.39, 0.29) is 23.7 Å². The first kappa shape index (κ1) is 16.6. The van der Waals surface area contributed by atoms with Crippen molar-refractivity contribution in [2.45, 2.75) is 0 Å². The van der Waals surface area contributed by atoms with E-state index in [0.29, 0.717) is 17.0 Å². The number of fused-ring (bicyclic) bond motifs is 1. The lowest BCUT2D eigenvalue weighted by Gasteiger charge is -2.09. The summed E-state index contributed by atoms with van der Waals surface area (Å²) in [5, 5.41) is 13.7. The number of pyridine rings is 1. The number of hydrogen-bond donors (Lipinski definition) is 2. The molecule has 0 aliphatic heterocycles. The van der Waals surface area contributed by atoms with Crippen LogP contribution in [0.2, 0.25) is 0 Å². The van der Waals surface area contributed by atoms with Gasteiger partial charge in [-0.3, -0.25) is 9.78 Å². The van der Waals surface area contributed by atoms with E-state index < -0.39 is 5.91 Å². The van der Waals surface area contributed by atoms with Gasteiger partial charge in [0, 0.05) is 17.3 Å². The number of phenols is 1. The zero-order valence-corrected chi connectivity index (χ0v) is 13.1. The molecule has 0 saturated carbocycles. The summed E-state index contributed by atoms with van der Waals surface area (Å²) in [6.07, 6.45) is 1.58. The maximum absolute atomic E-state index is 12.3. The highest BCUT2D eigenvalue weighted by Crippen LogP contribution is 2.27. The fourth-order valence-electron chi connectivity index (χ4n) is 2.19. The van der Waals surface area contributed by atoms with Crippen molar-refractivity contribution in [3.05, 3.63) is 60.3 Å². The van der Waals surface area contributed by atoms with Gasteiger partial charge in [-0.1, -0.05) is 12.1 Å². The van der Waals surface area contributed by atoms with Crippen LogP contribution >= 0.6 is 12.4 Å². The normalized spacial score (nSPS) is 9.96. The number of aromatic hydroxyl groups is 1. The van der Waals surface area contributed by atoms with E-state index >= 15 is 0 Å². The van der Waals surface area contributed by atoms with Gasteiger partial charge in [0.2, 0.25) is 0 Å². The molecule has 1 heterocycles. The molecule has 1 amide bonds. The molecule has 0 unspecified atom stereocenters. The smallest absolute Gasteiger partial charge is 0.259 e. The van der Waals surface area contributed by atoms with Crippen LogP contribution in [0.15, 0.2) is 54.7 Å². The van der Waals surface area contributed by atoms with E-state index in [0.717, 1.165) is 5.39 Å². The fraction of sp³-hybridized carbons (Fsp3) is 0.0588. The van der Waals surface area contributed by atoms with Crippen LogP contribution < -0.4 is 10.1 Å². The van der Waals surface area contributed by atoms with Crippen molar-refractivity contribution in [1.82, 2.24) is 4.98 Å². The molecule has 0 atom stereocenters. The summed E-state index contributed by atoms with van der Waals surface area (Å²) in [6, 6.07) is 13.9. The number of nitrogens with one attached hydrogen (secondary N) is 1. The van der Waals surface area contributed by atoms with Crippen LogP contribution in [0, 0.1) is 0 Å². The average Bonchev–Trinajstić information content (AvgIpc) is 2.56. The van der Waals surface area contributed by atoms with E-state index in [2.05, 4.69) is 10.3 Å². The van der Waals surface area contributed by atoms with Crippen molar-refractivity contribution in [1.29, 1.82) is 0 Å². The lowest BCUT2D eigenvalue weighted by atomic mass is 10.1. The Balaban J connectivity index is 0.00000192. The molecule has 0 bridgehead atoms. The van der Waals surface area contributed by atoms with Crippen LogP contribution in [0.1, 0.15) is 10.4 Å². The number of hydrogen-bond acceptors (Lipinski definition) is 4. The van der Waals surface area contributed by atoms with Crippen LogP contribution in [-0.2, 0) is 0 Å². The molecule has 0 fully saturated rings. The summed E-state index contributed by atoms with van der Waals surface area (Å²) in [5.41, 5.74) is 1.21. The number of rotatable bonds is 3. The van der Waals surface area contributed by atoms with Crippen molar-refractivity contribution < 1.29 is 14.6 Å². The number of anilines is 1. The number of ether oxygens (including phenoxy) is 1. The molecule has 3 rings (SSSR count). The van der Waals surface area contributed by atoms with Crippen molar-refractivity contribution >= 4 is 34.9 Å². The lowest BCUT2D eigenvalue weighted by molar-refractivity contribution is 0.102. The summed E-state index contributed by atoms with van der Waals surface area (Å²) in [4.78, 5) is 16.4. The van der Waals surface area contributed by atoms with Gasteiger partial charge in [-0.05, 0) is 36.4 Å². The average molecular weight is 331 g/mol. The molecule has 0 aliphatic carbocycles. The number of methoxy groups -OCH3 is 1. The molecule has 2 aromatic carbocycles. The number of carbonyl (C=O) groups excluding carboxylic acids is 1. The van der Waals surface area contributed by atoms with Crippen molar-refractivity contribution in [3.63, 3.8) is 0 Å². The molecule has 0 spiro atoms. The van der Waals surface area contributed by atoms with Crippen molar-refractivity contribution in [3.8, 4) is 11.5 Å². The van der Waals surface area contributed by atoms with Gasteiger partial charge in [0.25, 0.3) is 5.91 Å². The summed E-state index contributed by atoms with van der Waals surface area (Å²) >= 11 is 0. The third-order valence-corrected chi connectivity index (χ3v) is 3.34. The minimum absolute atomic E-state index is 0. The molecule has 23 heavy (non-hydrogen) atoms. The second-order valence-electron chi connectivity index (χ2n) is 4.72. The van der Waals surface area contributed by atoms with Gasteiger partial charge in [-0.2, -0.15) is 0 Å². The van der Waals surface area contributed by atoms with Crippen molar-refractivity contribution in [2.75, 3.05) is 12.4 Å². The maximum atomic E-state index is 12.3. The Bertz CT molecular complexity index is 835. The number of aromatic nitrogens is 1. The Kier molecular flexibility index (Phi) is 5.03. The zero-order chi connectivity index (χ0) is 15.5. The van der Waals surface area contributed by atoms with E-state index in [1.807, 2.05) is 6.07 Å². The Hall–Kier alpha value is -2.79. The summed E-state index contributed by atoms with van der Waals surface area (Å²) < 4.78 is 5.07. The third kappa shape index (κ3) is 3.35. The first-order chi connectivity index (χ1) is 10.7. The summed E-state index contributed by atoms with van der Waals surface area (Å²) in [6.45, 7) is 0. The highest BCUT2D eigenvalue weighted by Gasteiger charge is 2.14. The molecular weight excluding hydrogens is 316 g/mol. The molecule has 0 saturated heterocycles. The van der Waals surface area contributed by atoms with Gasteiger partial charge in [-0.25, -0.2) is 0 Å². The van der Waals surface area contributed by atoms with Gasteiger partial charge >= 0.3 is 0 Å². The SMILES string of the molecule is COc1ccc(NC(=O)c2ccc3cccnc3c2O)cc1.Cl. The molecule has 3 aromatic rings. The molecule has 6 heteroatoms. The topological polar surface area (TPSA) is 71.5 Å². The van der Waals surface area contributed by atoms with E-state index in [9.17, 15) is 9.90 Å². The minimum Gasteiger partial charge on any atom is -0.505 e. The first-order valence-corrected chi connectivity index (χ1v) is 6.71. The quantitative estimate of drug-likeness (QED) is 0.769. The molecule has 0 radical (unpaired) electrons. The first-order valence-electron chi connectivity index (χ1n) is 6.71. The van der Waals surface area contributed by atoms with Crippen LogP contribution in [0.3, 0.4) is 0 Å². The summed E-state index contributed by atoms with van der Waals surface area (Å²) in [7, 11) is 1.58. The maximum Gasteiger partial charge on any atom is 0.259 e. The molecule has 1 aromatic heterocycles. The molecule has 118 valence electrons. The second-order valence-corrected chi connectivity index (χ2v) is 4.72. The molecule has 0 aliphatic rings. The van der Waals surface area contributed by atoms with Crippen LogP contribution in [0.5, 0.6) is 11.5 Å². The van der Waals surface area contributed by atoms with Crippen LogP contribution in [0.25, 0.3) is 10.9 Å². The number of amides is 1. The number of benzene rings is 2. The van der Waals surface area contributed by atoms with Crippen LogP contribution in [-0.4, -0.2) is 23.1 Å². The number of phenolic OH excluding ortho intramolecular Hbond substituents is 1. The van der Waals surface area contributed by atoms with Gasteiger partial charge in [-0.15, -0.1) is 12.4 Å². The molecule has 5 nitrogen and oxygen atoms in total. The third-order valence-electron chi connectivity index (χ3n) is 3.34. The predicted octanol–water partition coefficient (Wildman–Crippen LogP) is 3.62. The van der Waals surface area contributed by atoms with E-state index in [1.165, 1.54) is 0 Å². The highest BCUT2D eigenvalue weighted by molar-refractivity contribution is 6.09. The van der Waals surface area contributed by atoms with Gasteiger partial charge in [0.1, 0.15) is 11.3 Å². The Labute approximate surface area is 139 Å². The zero-order valence-electron chi connectivity index (χ0n) is 12.3. The van der Waals surface area contributed by atoms with E-state index in [1.54, 1.807) is 55.8 Å². The Morgan fingerprint density at radius 2 is 1.87 bits per heavy atom. The number of halogens is 1. The molecular formula is C17H15ClN2O3. The lowest BCUT2D eigenvalue weighted by Crippen LogP contribution is -2.12. The standard InChI is InChI=1S/C17H14N2O3.ClH/c1-22-13-7-5-12(6-8-13)19-17(21)14-9-4-11-3-2-10-18-15(11)16(14)20;/h2-10,20H,1H3,(H,19,21);1H. The highest BCUT2D eigenvalue weighted by atomic mass is 35.5.